The largest absolute Gasteiger partial charge is 0.396 e. The number of nitrogens with zero attached hydrogens (tertiary/aromatic N) is 1. The number of nitrogens with one attached hydrogen (secondary N) is 2. The first-order valence-corrected chi connectivity index (χ1v) is 10.9. The van der Waals surface area contributed by atoms with Gasteiger partial charge in [0.1, 0.15) is 12.4 Å². The van der Waals surface area contributed by atoms with E-state index in [4.69, 9.17) is 14.8 Å². The molecule has 0 heterocycles. The van der Waals surface area contributed by atoms with Crippen molar-refractivity contribution in [3.63, 3.8) is 0 Å². The molecule has 1 saturated carbocycles. The monoisotopic (exact) mass is 579 g/mol. The molecule has 1 aliphatic carbocycles. The van der Waals surface area contributed by atoms with Crippen LogP contribution in [0.15, 0.2) is 29.4 Å². The van der Waals surface area contributed by atoms with Crippen LogP contribution in [0.4, 0.5) is 24.5 Å². The molecule has 0 bridgehead atoms. The average Bonchev–Trinajstić information content (AvgIpc) is 3.57. The van der Waals surface area contributed by atoms with E-state index in [-0.39, 0.29) is 37.5 Å². The number of hydrogen-bond donors (Lipinski definition) is 4. The van der Waals surface area contributed by atoms with Crippen molar-refractivity contribution < 1.29 is 37.9 Å². The summed E-state index contributed by atoms with van der Waals surface area (Å²) in [6, 6.07) is 5.03. The van der Waals surface area contributed by atoms with Crippen LogP contribution >= 0.6 is 22.6 Å². The van der Waals surface area contributed by atoms with Crippen molar-refractivity contribution in [2.75, 3.05) is 31.7 Å². The van der Waals surface area contributed by atoms with Crippen LogP contribution in [-0.4, -0.2) is 48.8 Å². The normalized spacial score (nSPS) is 14.4. The number of carbonyl (C=O) groups excluding carboxylic acids is 1. The first kappa shape index (κ1) is 25.2. The summed E-state index contributed by atoms with van der Waals surface area (Å²) >= 11 is 1.89. The Labute approximate surface area is 200 Å². The molecule has 12 heteroatoms. The van der Waals surface area contributed by atoms with Crippen LogP contribution < -0.4 is 10.8 Å². The van der Waals surface area contributed by atoms with Crippen molar-refractivity contribution in [1.29, 1.82) is 0 Å². The highest BCUT2D eigenvalue weighted by Crippen LogP contribution is 2.45. The fourth-order valence-electron chi connectivity index (χ4n) is 2.78. The summed E-state index contributed by atoms with van der Waals surface area (Å²) in [5.74, 6) is -4.49. The highest BCUT2D eigenvalue weighted by molar-refractivity contribution is 14.1. The number of anilines is 2. The molecule has 2 aromatic rings. The van der Waals surface area contributed by atoms with Gasteiger partial charge in [0.05, 0.1) is 43.0 Å². The van der Waals surface area contributed by atoms with Crippen LogP contribution in [0.3, 0.4) is 0 Å². The number of rotatable bonds is 11. The Hall–Kier alpha value is -2.42. The fourth-order valence-corrected chi connectivity index (χ4v) is 3.23. The van der Waals surface area contributed by atoms with Gasteiger partial charge in [0.2, 0.25) is 0 Å². The van der Waals surface area contributed by atoms with Gasteiger partial charge in [-0.1, -0.05) is 5.16 Å². The van der Waals surface area contributed by atoms with Crippen molar-refractivity contribution in [3.8, 4) is 0 Å². The Kier molecular flexibility index (Phi) is 8.51. The summed E-state index contributed by atoms with van der Waals surface area (Å²) in [7, 11) is 0. The number of aliphatic hydroxyl groups excluding tert-OH is 2. The predicted molar refractivity (Wildman–Crippen MR) is 122 cm³/mol. The van der Waals surface area contributed by atoms with Gasteiger partial charge >= 0.3 is 0 Å². The molecular weight excluding hydrogens is 558 g/mol. The molecule has 2 aromatic carbocycles. The Morgan fingerprint density at radius 2 is 1.97 bits per heavy atom. The highest BCUT2D eigenvalue weighted by Gasteiger charge is 2.43. The number of benzene rings is 2. The van der Waals surface area contributed by atoms with Crippen molar-refractivity contribution >= 4 is 46.1 Å². The fraction of sp³-hybridized carbons (Fsp3) is 0.333. The minimum absolute atomic E-state index is 0.0703. The summed E-state index contributed by atoms with van der Waals surface area (Å²) in [6.45, 7) is -0.586. The van der Waals surface area contributed by atoms with Gasteiger partial charge in [0.25, 0.3) is 5.91 Å². The number of halogens is 4. The first-order chi connectivity index (χ1) is 15.8. The second kappa shape index (κ2) is 11.1. The standard InChI is InChI=1S/C21H21F3IN3O5/c22-15-8-13(25)1-2-16(15)27-19-14(20(31)28-32-6-5-29)7-12(17(23)18(19)24)9-26-33-11-21(10-30)3-4-21/h1-2,7-9,27,29-30H,3-6,10-11H2,(H,28,31)/b26-9+. The van der Waals surface area contributed by atoms with Crippen LogP contribution in [0.25, 0.3) is 0 Å². The zero-order valence-corrected chi connectivity index (χ0v) is 19.4. The molecule has 0 aliphatic heterocycles. The molecule has 0 aromatic heterocycles. The SMILES string of the molecule is O=C(NOCCO)c1cc(/C=N/OCC2(CO)CC2)c(F)c(F)c1Nc1ccc(I)cc1F. The molecule has 0 atom stereocenters. The molecular formula is C21H21F3IN3O5. The number of hydroxylamine groups is 1. The molecule has 3 rings (SSSR count). The maximum atomic E-state index is 15.0. The Bertz CT molecular complexity index is 1050. The summed E-state index contributed by atoms with van der Waals surface area (Å²) in [5, 5.41) is 24.1. The van der Waals surface area contributed by atoms with E-state index >= 15 is 0 Å². The third-order valence-electron chi connectivity index (χ3n) is 4.96. The maximum Gasteiger partial charge on any atom is 0.277 e. The maximum absolute atomic E-state index is 15.0. The summed E-state index contributed by atoms with van der Waals surface area (Å²) in [4.78, 5) is 22.4. The zero-order valence-electron chi connectivity index (χ0n) is 17.2. The molecule has 178 valence electrons. The van der Waals surface area contributed by atoms with Gasteiger partial charge in [-0.25, -0.2) is 18.7 Å². The van der Waals surface area contributed by atoms with Crippen molar-refractivity contribution in [2.45, 2.75) is 12.8 Å². The van der Waals surface area contributed by atoms with Gasteiger partial charge in [0.15, 0.2) is 11.6 Å². The third kappa shape index (κ3) is 6.34. The van der Waals surface area contributed by atoms with Crippen molar-refractivity contribution in [1.82, 2.24) is 5.48 Å². The number of amides is 1. The number of hydrogen-bond acceptors (Lipinski definition) is 7. The molecule has 1 aliphatic rings. The van der Waals surface area contributed by atoms with Gasteiger partial charge in [-0.3, -0.25) is 9.63 Å². The van der Waals surface area contributed by atoms with Gasteiger partial charge in [0, 0.05) is 14.5 Å². The van der Waals surface area contributed by atoms with Crippen LogP contribution in [0.2, 0.25) is 0 Å². The van der Waals surface area contributed by atoms with E-state index in [0.717, 1.165) is 25.1 Å². The molecule has 0 unspecified atom stereocenters. The topological polar surface area (TPSA) is 112 Å². The van der Waals surface area contributed by atoms with Crippen LogP contribution in [0.5, 0.6) is 0 Å². The molecule has 4 N–H and O–H groups in total. The van der Waals surface area contributed by atoms with Crippen molar-refractivity contribution in [3.05, 3.63) is 56.4 Å². The smallest absolute Gasteiger partial charge is 0.277 e. The number of aliphatic hydroxyl groups is 2. The molecule has 33 heavy (non-hydrogen) atoms. The molecule has 1 fully saturated rings. The number of carbonyl (C=O) groups is 1. The van der Waals surface area contributed by atoms with Crippen LogP contribution in [-0.2, 0) is 9.68 Å². The van der Waals surface area contributed by atoms with Crippen LogP contribution in [0.1, 0.15) is 28.8 Å². The Morgan fingerprint density at radius 3 is 2.61 bits per heavy atom. The summed E-state index contributed by atoms with van der Waals surface area (Å²) < 4.78 is 44.6. The zero-order chi connectivity index (χ0) is 24.0. The Balaban J connectivity index is 1.91. The molecule has 0 saturated heterocycles. The van der Waals surface area contributed by atoms with E-state index in [1.54, 1.807) is 6.07 Å². The summed E-state index contributed by atoms with van der Waals surface area (Å²) in [5.41, 5.74) is 0.0416. The lowest BCUT2D eigenvalue weighted by Crippen LogP contribution is -2.26. The van der Waals surface area contributed by atoms with E-state index in [1.807, 2.05) is 28.1 Å². The predicted octanol–water partition coefficient (Wildman–Crippen LogP) is 3.23. The first-order valence-electron chi connectivity index (χ1n) is 9.83. The van der Waals surface area contributed by atoms with E-state index in [0.29, 0.717) is 3.57 Å². The quantitative estimate of drug-likeness (QED) is 0.141. The van der Waals surface area contributed by atoms with Gasteiger partial charge in [-0.05, 0) is 59.7 Å². The minimum atomic E-state index is -1.45. The summed E-state index contributed by atoms with van der Waals surface area (Å²) in [6.07, 6.45) is 2.44. The van der Waals surface area contributed by atoms with E-state index in [2.05, 4.69) is 10.5 Å². The van der Waals surface area contributed by atoms with Gasteiger partial charge in [-0.15, -0.1) is 0 Å². The molecule has 0 spiro atoms. The lowest BCUT2D eigenvalue weighted by Gasteiger charge is -2.16. The Morgan fingerprint density at radius 1 is 1.21 bits per heavy atom. The second-order valence-corrected chi connectivity index (χ2v) is 8.68. The van der Waals surface area contributed by atoms with Crippen LogP contribution in [0, 0.1) is 26.4 Å². The van der Waals surface area contributed by atoms with E-state index in [1.165, 1.54) is 12.1 Å². The molecule has 8 nitrogen and oxygen atoms in total. The highest BCUT2D eigenvalue weighted by atomic mass is 127. The lowest BCUT2D eigenvalue weighted by molar-refractivity contribution is 0.0168. The van der Waals surface area contributed by atoms with Gasteiger partial charge in [-0.2, -0.15) is 0 Å². The van der Waals surface area contributed by atoms with Gasteiger partial charge < -0.3 is 20.4 Å². The number of oxime groups is 1. The molecule has 0 radical (unpaired) electrons. The van der Waals surface area contributed by atoms with E-state index in [9.17, 15) is 23.1 Å². The third-order valence-corrected chi connectivity index (χ3v) is 5.63. The second-order valence-electron chi connectivity index (χ2n) is 7.43. The van der Waals surface area contributed by atoms with E-state index < -0.39 is 40.2 Å². The average molecular weight is 579 g/mol. The lowest BCUT2D eigenvalue weighted by atomic mass is 10.1. The molecule has 1 amide bonds. The van der Waals surface area contributed by atoms with Crippen molar-refractivity contribution in [2.24, 2.45) is 10.6 Å². The minimum Gasteiger partial charge on any atom is -0.396 e.